The summed E-state index contributed by atoms with van der Waals surface area (Å²) in [5, 5.41) is 3.27. The lowest BCUT2D eigenvalue weighted by Gasteiger charge is -2.41. The molecule has 0 aliphatic carbocycles. The van der Waals surface area contributed by atoms with Crippen molar-refractivity contribution in [2.45, 2.75) is 52.6 Å². The standard InChI is InChI=1S/C18H30N2/c1-4-18(5-2)10-12-20(13-11-18)15-17-9-7-6-8-16(17)14-19-3/h6-9,19H,4-5,10-15H2,1-3H3. The molecule has 1 saturated heterocycles. The highest BCUT2D eigenvalue weighted by Gasteiger charge is 2.31. The van der Waals surface area contributed by atoms with E-state index in [-0.39, 0.29) is 0 Å². The Hall–Kier alpha value is -0.860. The highest BCUT2D eigenvalue weighted by atomic mass is 15.1. The molecule has 2 nitrogen and oxygen atoms in total. The van der Waals surface area contributed by atoms with Gasteiger partial charge in [0, 0.05) is 13.1 Å². The van der Waals surface area contributed by atoms with E-state index in [4.69, 9.17) is 0 Å². The summed E-state index contributed by atoms with van der Waals surface area (Å²) in [6.45, 7) is 9.33. The van der Waals surface area contributed by atoms with E-state index < -0.39 is 0 Å². The first-order valence-corrected chi connectivity index (χ1v) is 8.17. The maximum atomic E-state index is 3.27. The molecule has 1 aliphatic rings. The first-order valence-electron chi connectivity index (χ1n) is 8.17. The molecule has 1 heterocycles. The number of nitrogens with one attached hydrogen (secondary N) is 1. The van der Waals surface area contributed by atoms with Gasteiger partial charge in [-0.2, -0.15) is 0 Å². The molecule has 1 aromatic rings. The lowest BCUT2D eigenvalue weighted by molar-refractivity contribution is 0.0907. The zero-order valence-corrected chi connectivity index (χ0v) is 13.4. The fraction of sp³-hybridized carbons (Fsp3) is 0.667. The van der Waals surface area contributed by atoms with Gasteiger partial charge in [-0.15, -0.1) is 0 Å². The third kappa shape index (κ3) is 3.62. The normalized spacial score (nSPS) is 19.1. The monoisotopic (exact) mass is 274 g/mol. The van der Waals surface area contributed by atoms with Crippen LogP contribution in [0.5, 0.6) is 0 Å². The summed E-state index contributed by atoms with van der Waals surface area (Å²) < 4.78 is 0. The molecule has 1 fully saturated rings. The number of nitrogens with zero attached hydrogens (tertiary/aromatic N) is 1. The lowest BCUT2D eigenvalue weighted by Crippen LogP contribution is -2.39. The molecule has 112 valence electrons. The Labute approximate surface area is 124 Å². The summed E-state index contributed by atoms with van der Waals surface area (Å²) in [6.07, 6.45) is 5.42. The zero-order chi connectivity index (χ0) is 14.4. The van der Waals surface area contributed by atoms with Gasteiger partial charge in [-0.05, 0) is 49.5 Å². The molecule has 0 bridgehead atoms. The molecule has 2 rings (SSSR count). The fourth-order valence-corrected chi connectivity index (χ4v) is 3.46. The molecule has 0 radical (unpaired) electrons. The second-order valence-electron chi connectivity index (χ2n) is 6.28. The quantitative estimate of drug-likeness (QED) is 0.848. The largest absolute Gasteiger partial charge is 0.316 e. The molecule has 1 N–H and O–H groups in total. The Kier molecular flexibility index (Phi) is 5.62. The van der Waals surface area contributed by atoms with Gasteiger partial charge in [-0.1, -0.05) is 51.0 Å². The average molecular weight is 274 g/mol. The summed E-state index contributed by atoms with van der Waals surface area (Å²) in [5.74, 6) is 0. The maximum Gasteiger partial charge on any atom is 0.0236 e. The summed E-state index contributed by atoms with van der Waals surface area (Å²) >= 11 is 0. The Morgan fingerprint density at radius 1 is 1.05 bits per heavy atom. The SMILES string of the molecule is CCC1(CC)CCN(Cc2ccccc2CNC)CC1. The first kappa shape index (κ1) is 15.5. The molecule has 0 unspecified atom stereocenters. The molecular formula is C18H30N2. The molecular weight excluding hydrogens is 244 g/mol. The van der Waals surface area contributed by atoms with Crippen LogP contribution in [0.15, 0.2) is 24.3 Å². The number of rotatable bonds is 6. The van der Waals surface area contributed by atoms with Crippen molar-refractivity contribution in [1.29, 1.82) is 0 Å². The van der Waals surface area contributed by atoms with E-state index in [1.807, 2.05) is 7.05 Å². The van der Waals surface area contributed by atoms with Crippen LogP contribution in [0.3, 0.4) is 0 Å². The van der Waals surface area contributed by atoms with E-state index in [9.17, 15) is 0 Å². The minimum atomic E-state index is 0.626. The van der Waals surface area contributed by atoms with Crippen molar-refractivity contribution in [1.82, 2.24) is 10.2 Å². The van der Waals surface area contributed by atoms with Crippen LogP contribution in [0.25, 0.3) is 0 Å². The summed E-state index contributed by atoms with van der Waals surface area (Å²) in [7, 11) is 2.02. The van der Waals surface area contributed by atoms with Crippen molar-refractivity contribution in [3.63, 3.8) is 0 Å². The fourth-order valence-electron chi connectivity index (χ4n) is 3.46. The van der Waals surface area contributed by atoms with Crippen LogP contribution >= 0.6 is 0 Å². The van der Waals surface area contributed by atoms with Gasteiger partial charge in [0.05, 0.1) is 0 Å². The van der Waals surface area contributed by atoms with Gasteiger partial charge < -0.3 is 5.32 Å². The third-order valence-corrected chi connectivity index (χ3v) is 5.30. The Balaban J connectivity index is 1.96. The minimum absolute atomic E-state index is 0.626. The molecule has 1 aromatic carbocycles. The van der Waals surface area contributed by atoms with E-state index in [2.05, 4.69) is 48.3 Å². The summed E-state index contributed by atoms with van der Waals surface area (Å²) in [5.41, 5.74) is 3.56. The maximum absolute atomic E-state index is 3.27. The Morgan fingerprint density at radius 3 is 2.20 bits per heavy atom. The Bertz CT molecular complexity index is 400. The number of likely N-dealkylation sites (tertiary alicyclic amines) is 1. The van der Waals surface area contributed by atoms with Gasteiger partial charge in [0.15, 0.2) is 0 Å². The predicted molar refractivity (Wildman–Crippen MR) is 86.7 cm³/mol. The highest BCUT2D eigenvalue weighted by molar-refractivity contribution is 5.27. The van der Waals surface area contributed by atoms with Crippen molar-refractivity contribution in [3.8, 4) is 0 Å². The second kappa shape index (κ2) is 7.24. The first-order chi connectivity index (χ1) is 9.73. The van der Waals surface area contributed by atoms with Gasteiger partial charge in [0.1, 0.15) is 0 Å². The van der Waals surface area contributed by atoms with Crippen LogP contribution in [0, 0.1) is 5.41 Å². The van der Waals surface area contributed by atoms with Crippen LogP contribution < -0.4 is 5.32 Å². The van der Waals surface area contributed by atoms with E-state index in [1.165, 1.54) is 49.9 Å². The van der Waals surface area contributed by atoms with Crippen molar-refractivity contribution >= 4 is 0 Å². The van der Waals surface area contributed by atoms with Gasteiger partial charge in [0.25, 0.3) is 0 Å². The van der Waals surface area contributed by atoms with E-state index in [0.29, 0.717) is 5.41 Å². The van der Waals surface area contributed by atoms with Crippen LogP contribution in [0.1, 0.15) is 50.7 Å². The van der Waals surface area contributed by atoms with Gasteiger partial charge in [-0.25, -0.2) is 0 Å². The minimum Gasteiger partial charge on any atom is -0.316 e. The molecule has 0 saturated carbocycles. The molecule has 2 heteroatoms. The van der Waals surface area contributed by atoms with Crippen molar-refractivity contribution in [2.24, 2.45) is 5.41 Å². The van der Waals surface area contributed by atoms with Crippen LogP contribution in [-0.2, 0) is 13.1 Å². The number of piperidine rings is 1. The zero-order valence-electron chi connectivity index (χ0n) is 13.4. The molecule has 20 heavy (non-hydrogen) atoms. The predicted octanol–water partition coefficient (Wildman–Crippen LogP) is 3.81. The van der Waals surface area contributed by atoms with Gasteiger partial charge in [0.2, 0.25) is 0 Å². The van der Waals surface area contributed by atoms with Crippen LogP contribution in [0.4, 0.5) is 0 Å². The smallest absolute Gasteiger partial charge is 0.0236 e. The van der Waals surface area contributed by atoms with Crippen LogP contribution in [0.2, 0.25) is 0 Å². The topological polar surface area (TPSA) is 15.3 Å². The summed E-state index contributed by atoms with van der Waals surface area (Å²) in [4.78, 5) is 2.64. The molecule has 0 atom stereocenters. The van der Waals surface area contributed by atoms with Gasteiger partial charge in [-0.3, -0.25) is 4.90 Å². The van der Waals surface area contributed by atoms with E-state index in [1.54, 1.807) is 0 Å². The van der Waals surface area contributed by atoms with Crippen molar-refractivity contribution in [2.75, 3.05) is 20.1 Å². The Morgan fingerprint density at radius 2 is 1.65 bits per heavy atom. The number of hydrogen-bond acceptors (Lipinski definition) is 2. The molecule has 1 aliphatic heterocycles. The summed E-state index contributed by atoms with van der Waals surface area (Å²) in [6, 6.07) is 8.85. The van der Waals surface area contributed by atoms with Gasteiger partial charge >= 0.3 is 0 Å². The molecule has 0 spiro atoms. The number of hydrogen-bond donors (Lipinski definition) is 1. The van der Waals surface area contributed by atoms with E-state index in [0.717, 1.165) is 13.1 Å². The molecule has 0 aromatic heterocycles. The number of benzene rings is 1. The molecule has 0 amide bonds. The average Bonchev–Trinajstić information content (AvgIpc) is 2.51. The van der Waals surface area contributed by atoms with Crippen molar-refractivity contribution in [3.05, 3.63) is 35.4 Å². The van der Waals surface area contributed by atoms with E-state index >= 15 is 0 Å². The van der Waals surface area contributed by atoms with Crippen LogP contribution in [-0.4, -0.2) is 25.0 Å². The second-order valence-corrected chi connectivity index (χ2v) is 6.28. The lowest BCUT2D eigenvalue weighted by atomic mass is 9.74. The third-order valence-electron chi connectivity index (χ3n) is 5.30. The van der Waals surface area contributed by atoms with Crippen molar-refractivity contribution < 1.29 is 0 Å². The highest BCUT2D eigenvalue weighted by Crippen LogP contribution is 2.38.